The van der Waals surface area contributed by atoms with Crippen LogP contribution >= 0.6 is 22.6 Å². The van der Waals surface area contributed by atoms with Gasteiger partial charge in [0, 0.05) is 20.0 Å². The topological polar surface area (TPSA) is 79.2 Å². The molecule has 0 aromatic heterocycles. The predicted molar refractivity (Wildman–Crippen MR) is 96.7 cm³/mol. The number of benzene rings is 1. The normalized spacial score (nSPS) is 13.1. The number of aliphatic hydroxyl groups excluding tert-OH is 2. The Kier molecular flexibility index (Phi) is 8.65. The number of rotatable bonds is 8. The van der Waals surface area contributed by atoms with Crippen LogP contribution < -0.4 is 4.74 Å². The third-order valence-electron chi connectivity index (χ3n) is 3.16. The Morgan fingerprint density at radius 3 is 2.61 bits per heavy atom. The van der Waals surface area contributed by atoms with Gasteiger partial charge in [-0.3, -0.25) is 0 Å². The van der Waals surface area contributed by atoms with Gasteiger partial charge in [-0.05, 0) is 58.9 Å². The van der Waals surface area contributed by atoms with Crippen LogP contribution in [0.3, 0.4) is 0 Å². The molecule has 0 aliphatic carbocycles. The van der Waals surface area contributed by atoms with Crippen LogP contribution in [0.25, 0.3) is 0 Å². The number of hydrogen-bond acceptors (Lipinski definition) is 5. The molecule has 0 saturated carbocycles. The monoisotopic (exact) mass is 434 g/mol. The molecule has 0 unspecified atom stereocenters. The van der Waals surface area contributed by atoms with E-state index in [1.165, 1.54) is 7.11 Å². The largest absolute Gasteiger partial charge is 0.504 e. The van der Waals surface area contributed by atoms with Crippen LogP contribution in [0.2, 0.25) is 0 Å². The smallest absolute Gasteiger partial charge is 0.171 e. The Morgan fingerprint density at radius 2 is 2.04 bits per heavy atom. The number of ether oxygens (including phenoxy) is 2. The maximum atomic E-state index is 10.3. The highest BCUT2D eigenvalue weighted by Crippen LogP contribution is 2.34. The second-order valence-electron chi connectivity index (χ2n) is 5.24. The van der Waals surface area contributed by atoms with E-state index in [0.29, 0.717) is 34.3 Å². The van der Waals surface area contributed by atoms with Gasteiger partial charge in [0.25, 0.3) is 0 Å². The lowest BCUT2D eigenvalue weighted by Crippen LogP contribution is -2.04. The molecule has 6 heteroatoms. The summed E-state index contributed by atoms with van der Waals surface area (Å²) in [5.74, 6) is 0.401. The summed E-state index contributed by atoms with van der Waals surface area (Å²) >= 11 is 1.99. The summed E-state index contributed by atoms with van der Waals surface area (Å²) in [6, 6.07) is 3.33. The van der Waals surface area contributed by atoms with Crippen molar-refractivity contribution in [3.63, 3.8) is 0 Å². The molecule has 0 amide bonds. The highest BCUT2D eigenvalue weighted by atomic mass is 127. The van der Waals surface area contributed by atoms with Gasteiger partial charge in [-0.25, -0.2) is 0 Å². The van der Waals surface area contributed by atoms with E-state index in [1.54, 1.807) is 32.2 Å². The minimum atomic E-state index is -0.735. The quantitative estimate of drug-likeness (QED) is 0.433. The molecule has 128 valence electrons. The summed E-state index contributed by atoms with van der Waals surface area (Å²) < 4.78 is 10.8. The Morgan fingerprint density at radius 1 is 1.35 bits per heavy atom. The number of aliphatic hydroxyl groups is 2. The molecule has 2 atom stereocenters. The molecule has 0 fully saturated rings. The van der Waals surface area contributed by atoms with Gasteiger partial charge in [0.15, 0.2) is 11.5 Å². The number of hydrogen-bond donors (Lipinski definition) is 3. The van der Waals surface area contributed by atoms with E-state index in [-0.39, 0.29) is 5.75 Å². The zero-order chi connectivity index (χ0) is 17.4. The lowest BCUT2D eigenvalue weighted by Gasteiger charge is -2.12. The molecule has 0 saturated heterocycles. The molecule has 1 rings (SSSR count). The Hall–Kier alpha value is -1.05. The van der Waals surface area contributed by atoms with Crippen molar-refractivity contribution in [3.05, 3.63) is 38.6 Å². The van der Waals surface area contributed by atoms with E-state index in [2.05, 4.69) is 5.73 Å². The van der Waals surface area contributed by atoms with Crippen LogP contribution in [-0.4, -0.2) is 42.3 Å². The van der Waals surface area contributed by atoms with Gasteiger partial charge in [-0.1, -0.05) is 0 Å². The van der Waals surface area contributed by atoms with Gasteiger partial charge in [-0.2, -0.15) is 0 Å². The Labute approximate surface area is 150 Å². The van der Waals surface area contributed by atoms with Crippen molar-refractivity contribution in [1.29, 1.82) is 0 Å². The molecule has 23 heavy (non-hydrogen) atoms. The lowest BCUT2D eigenvalue weighted by atomic mass is 10.1. The maximum Gasteiger partial charge on any atom is 0.171 e. The molecular weight excluding hydrogens is 411 g/mol. The van der Waals surface area contributed by atoms with Crippen molar-refractivity contribution in [3.8, 4) is 11.5 Å². The van der Waals surface area contributed by atoms with Crippen molar-refractivity contribution in [2.45, 2.75) is 32.0 Å². The fraction of sp³-hybridized carbons (Fsp3) is 0.471. The molecule has 0 aliphatic heterocycles. The highest BCUT2D eigenvalue weighted by molar-refractivity contribution is 14.1. The molecule has 1 aromatic rings. The highest BCUT2D eigenvalue weighted by Gasteiger charge is 2.13. The summed E-state index contributed by atoms with van der Waals surface area (Å²) in [5.41, 5.74) is 4.57. The van der Waals surface area contributed by atoms with E-state index >= 15 is 0 Å². The fourth-order valence-corrected chi connectivity index (χ4v) is 2.71. The standard InChI is InChI=1S/C17H23IO5/c1-11(19)7-12(10-22-2)5-4-6-15(20)13-8-14(18)17(21)16(9-13)23-3/h4,8-9,11,15,19-21H,6-7,10H2,1-3H3/t5?,11-,15+/m0/s1. The molecule has 0 spiro atoms. The molecule has 0 heterocycles. The van der Waals surface area contributed by atoms with Crippen molar-refractivity contribution in [2.24, 2.45) is 0 Å². The first-order valence-electron chi connectivity index (χ1n) is 7.23. The molecule has 1 aromatic carbocycles. The summed E-state index contributed by atoms with van der Waals surface area (Å²) in [5, 5.41) is 29.5. The second kappa shape index (κ2) is 9.95. The number of aromatic hydroxyl groups is 1. The molecule has 3 N–H and O–H groups in total. The van der Waals surface area contributed by atoms with Crippen molar-refractivity contribution in [2.75, 3.05) is 20.8 Å². The number of methoxy groups -OCH3 is 2. The average molecular weight is 434 g/mol. The molecule has 0 aliphatic rings. The number of phenols is 1. The van der Waals surface area contributed by atoms with Gasteiger partial charge in [-0.15, -0.1) is 5.73 Å². The summed E-state index contributed by atoms with van der Waals surface area (Å²) in [4.78, 5) is 0. The zero-order valence-corrected chi connectivity index (χ0v) is 15.7. The lowest BCUT2D eigenvalue weighted by molar-refractivity contribution is 0.176. The number of phenolic OH excluding ortho intramolecular Hbond substituents is 1. The first-order valence-corrected chi connectivity index (χ1v) is 8.31. The minimum Gasteiger partial charge on any atom is -0.504 e. The third-order valence-corrected chi connectivity index (χ3v) is 3.99. The molecule has 0 bridgehead atoms. The van der Waals surface area contributed by atoms with Crippen molar-refractivity contribution < 1.29 is 24.8 Å². The van der Waals surface area contributed by atoms with Crippen LogP contribution in [0.15, 0.2) is 29.5 Å². The van der Waals surface area contributed by atoms with Crippen LogP contribution in [0, 0.1) is 3.57 Å². The minimum absolute atomic E-state index is 0.0683. The van der Waals surface area contributed by atoms with Gasteiger partial charge in [0.2, 0.25) is 0 Å². The predicted octanol–water partition coefficient (Wildman–Crippen LogP) is 2.93. The Bertz CT molecular complexity index is 577. The second-order valence-corrected chi connectivity index (χ2v) is 6.41. The van der Waals surface area contributed by atoms with E-state index in [4.69, 9.17) is 9.47 Å². The van der Waals surface area contributed by atoms with Crippen LogP contribution in [0.5, 0.6) is 11.5 Å². The van der Waals surface area contributed by atoms with Gasteiger partial charge in [0.1, 0.15) is 0 Å². The van der Waals surface area contributed by atoms with Crippen LogP contribution in [-0.2, 0) is 4.74 Å². The first kappa shape index (κ1) is 20.0. The van der Waals surface area contributed by atoms with Crippen molar-refractivity contribution >= 4 is 22.6 Å². The summed E-state index contributed by atoms with van der Waals surface area (Å²) in [6.07, 6.45) is 1.37. The Balaban J connectivity index is 2.88. The fourth-order valence-electron chi connectivity index (χ4n) is 2.08. The molecule has 0 radical (unpaired) electrons. The first-order chi connectivity index (χ1) is 10.9. The zero-order valence-electron chi connectivity index (χ0n) is 13.5. The van der Waals surface area contributed by atoms with Crippen molar-refractivity contribution in [1.82, 2.24) is 0 Å². The van der Waals surface area contributed by atoms with Crippen LogP contribution in [0.1, 0.15) is 31.4 Å². The van der Waals surface area contributed by atoms with E-state index in [9.17, 15) is 15.3 Å². The molecular formula is C17H23IO5. The molecule has 5 nitrogen and oxygen atoms in total. The third kappa shape index (κ3) is 6.53. The SMILES string of the molecule is COCC(=C=CC[C@@H](O)c1cc(I)c(O)c(OC)c1)C[C@H](C)O. The van der Waals surface area contributed by atoms with Gasteiger partial charge >= 0.3 is 0 Å². The number of halogens is 1. The van der Waals surface area contributed by atoms with Gasteiger partial charge in [0.05, 0.1) is 29.5 Å². The van der Waals surface area contributed by atoms with E-state index in [1.807, 2.05) is 22.6 Å². The summed E-state index contributed by atoms with van der Waals surface area (Å²) in [7, 11) is 3.06. The van der Waals surface area contributed by atoms with E-state index in [0.717, 1.165) is 5.57 Å². The summed E-state index contributed by atoms with van der Waals surface area (Å²) in [6.45, 7) is 2.10. The van der Waals surface area contributed by atoms with Gasteiger partial charge < -0.3 is 24.8 Å². The maximum absolute atomic E-state index is 10.3. The average Bonchev–Trinajstić information content (AvgIpc) is 2.49. The van der Waals surface area contributed by atoms with E-state index < -0.39 is 12.2 Å². The van der Waals surface area contributed by atoms with Crippen LogP contribution in [0.4, 0.5) is 0 Å².